The van der Waals surface area contributed by atoms with Crippen molar-refractivity contribution < 1.29 is 4.79 Å². The van der Waals surface area contributed by atoms with Crippen LogP contribution in [0.15, 0.2) is 77.6 Å². The molecule has 114 valence electrons. The van der Waals surface area contributed by atoms with E-state index in [4.69, 9.17) is 0 Å². The monoisotopic (exact) mass is 320 g/mol. The Labute approximate surface area is 139 Å². The summed E-state index contributed by atoms with van der Waals surface area (Å²) in [7, 11) is 0. The molecule has 4 heteroatoms. The maximum Gasteiger partial charge on any atom is 0.244 e. The van der Waals surface area contributed by atoms with Crippen LogP contribution < -0.4 is 5.32 Å². The van der Waals surface area contributed by atoms with Gasteiger partial charge >= 0.3 is 0 Å². The number of carbonyl (C=O) groups excluding carboxylic acids is 1. The van der Waals surface area contributed by atoms with Gasteiger partial charge in [0.15, 0.2) is 0 Å². The SMILES string of the molecule is O=C(/C=C/c1ccsc1)NC(c1ccccc1)c1ccccn1. The summed E-state index contributed by atoms with van der Waals surface area (Å²) in [6, 6.07) is 17.3. The summed E-state index contributed by atoms with van der Waals surface area (Å²) in [4.78, 5) is 16.7. The Morgan fingerprint density at radius 2 is 1.91 bits per heavy atom. The first-order valence-electron chi connectivity index (χ1n) is 7.29. The summed E-state index contributed by atoms with van der Waals surface area (Å²) < 4.78 is 0. The first-order chi connectivity index (χ1) is 11.3. The molecule has 0 fully saturated rings. The standard InChI is InChI=1S/C19H16N2OS/c22-18(10-9-15-11-13-23-14-15)21-19(16-6-2-1-3-7-16)17-8-4-5-12-20-17/h1-14,19H,(H,21,22)/b10-9+. The van der Waals surface area contributed by atoms with Gasteiger partial charge in [-0.15, -0.1) is 0 Å². The van der Waals surface area contributed by atoms with Gasteiger partial charge in [0.05, 0.1) is 11.7 Å². The van der Waals surface area contributed by atoms with Crippen molar-refractivity contribution in [3.63, 3.8) is 0 Å². The van der Waals surface area contributed by atoms with Gasteiger partial charge in [-0.25, -0.2) is 0 Å². The normalized spacial score (nSPS) is 12.2. The first kappa shape index (κ1) is 15.2. The van der Waals surface area contributed by atoms with E-state index in [9.17, 15) is 4.79 Å². The molecule has 0 saturated carbocycles. The quantitative estimate of drug-likeness (QED) is 0.720. The van der Waals surface area contributed by atoms with Crippen molar-refractivity contribution in [2.75, 3.05) is 0 Å². The molecule has 0 bridgehead atoms. The molecule has 2 aromatic heterocycles. The Hall–Kier alpha value is -2.72. The van der Waals surface area contributed by atoms with Crippen LogP contribution >= 0.6 is 11.3 Å². The summed E-state index contributed by atoms with van der Waals surface area (Å²) in [5.41, 5.74) is 2.85. The van der Waals surface area contributed by atoms with E-state index in [1.54, 1.807) is 23.6 Å². The molecule has 1 unspecified atom stereocenters. The number of aromatic nitrogens is 1. The highest BCUT2D eigenvalue weighted by Crippen LogP contribution is 2.20. The smallest absolute Gasteiger partial charge is 0.244 e. The van der Waals surface area contributed by atoms with Gasteiger partial charge in [0.25, 0.3) is 0 Å². The average Bonchev–Trinajstić information content (AvgIpc) is 3.13. The Morgan fingerprint density at radius 1 is 1.09 bits per heavy atom. The average molecular weight is 320 g/mol. The van der Waals surface area contributed by atoms with E-state index in [1.807, 2.05) is 71.4 Å². The van der Waals surface area contributed by atoms with Crippen molar-refractivity contribution in [1.29, 1.82) is 0 Å². The summed E-state index contributed by atoms with van der Waals surface area (Å²) in [6.07, 6.45) is 5.10. The minimum absolute atomic E-state index is 0.143. The number of pyridine rings is 1. The topological polar surface area (TPSA) is 42.0 Å². The number of hydrogen-bond acceptors (Lipinski definition) is 3. The second kappa shape index (κ2) is 7.51. The Balaban J connectivity index is 1.80. The predicted octanol–water partition coefficient (Wildman–Crippen LogP) is 4.06. The number of amides is 1. The van der Waals surface area contributed by atoms with Gasteiger partial charge in [0, 0.05) is 12.3 Å². The van der Waals surface area contributed by atoms with Gasteiger partial charge in [-0.05, 0) is 46.2 Å². The van der Waals surface area contributed by atoms with Gasteiger partial charge in [-0.3, -0.25) is 9.78 Å². The van der Waals surface area contributed by atoms with E-state index >= 15 is 0 Å². The fraction of sp³-hybridized carbons (Fsp3) is 0.0526. The van der Waals surface area contributed by atoms with E-state index in [0.717, 1.165) is 16.8 Å². The van der Waals surface area contributed by atoms with E-state index in [2.05, 4.69) is 10.3 Å². The number of thiophene rings is 1. The van der Waals surface area contributed by atoms with Crippen molar-refractivity contribution in [3.05, 3.63) is 94.5 Å². The van der Waals surface area contributed by atoms with Crippen LogP contribution in [0.25, 0.3) is 6.08 Å². The zero-order valence-electron chi connectivity index (χ0n) is 12.4. The highest BCUT2D eigenvalue weighted by atomic mass is 32.1. The molecule has 0 aliphatic heterocycles. The lowest BCUT2D eigenvalue weighted by molar-refractivity contribution is -0.116. The van der Waals surface area contributed by atoms with Crippen LogP contribution in [-0.4, -0.2) is 10.9 Å². The molecule has 2 heterocycles. The molecule has 0 spiro atoms. The fourth-order valence-corrected chi connectivity index (χ4v) is 2.88. The zero-order valence-corrected chi connectivity index (χ0v) is 13.2. The van der Waals surface area contributed by atoms with Crippen LogP contribution in [-0.2, 0) is 4.79 Å². The third-order valence-corrected chi connectivity index (χ3v) is 4.07. The van der Waals surface area contributed by atoms with E-state index in [0.29, 0.717) is 0 Å². The minimum Gasteiger partial charge on any atom is -0.340 e. The predicted molar refractivity (Wildman–Crippen MR) is 94.0 cm³/mol. The second-order valence-electron chi connectivity index (χ2n) is 5.00. The maximum atomic E-state index is 12.3. The van der Waals surface area contributed by atoms with Crippen molar-refractivity contribution in [3.8, 4) is 0 Å². The maximum absolute atomic E-state index is 12.3. The summed E-state index contributed by atoms with van der Waals surface area (Å²) in [5.74, 6) is -0.143. The Morgan fingerprint density at radius 3 is 2.61 bits per heavy atom. The summed E-state index contributed by atoms with van der Waals surface area (Å²) in [6.45, 7) is 0. The molecule has 23 heavy (non-hydrogen) atoms. The van der Waals surface area contributed by atoms with Crippen molar-refractivity contribution >= 4 is 23.3 Å². The van der Waals surface area contributed by atoms with Crippen LogP contribution in [0, 0.1) is 0 Å². The molecule has 0 saturated heterocycles. The molecule has 3 nitrogen and oxygen atoms in total. The van der Waals surface area contributed by atoms with Crippen LogP contribution in [0.3, 0.4) is 0 Å². The molecule has 3 rings (SSSR count). The van der Waals surface area contributed by atoms with Crippen LogP contribution in [0.4, 0.5) is 0 Å². The van der Waals surface area contributed by atoms with Gasteiger partial charge in [0.1, 0.15) is 0 Å². The van der Waals surface area contributed by atoms with Crippen LogP contribution in [0.1, 0.15) is 22.9 Å². The molecule has 0 aliphatic carbocycles. The third kappa shape index (κ3) is 4.14. The van der Waals surface area contributed by atoms with E-state index in [-0.39, 0.29) is 11.9 Å². The first-order valence-corrected chi connectivity index (χ1v) is 8.24. The van der Waals surface area contributed by atoms with E-state index in [1.165, 1.54) is 0 Å². The molecular formula is C19H16N2OS. The molecule has 1 aromatic carbocycles. The number of nitrogens with one attached hydrogen (secondary N) is 1. The molecule has 0 aliphatic rings. The number of nitrogens with zero attached hydrogens (tertiary/aromatic N) is 1. The summed E-state index contributed by atoms with van der Waals surface area (Å²) in [5, 5.41) is 7.01. The fourth-order valence-electron chi connectivity index (χ4n) is 2.25. The van der Waals surface area contributed by atoms with Crippen molar-refractivity contribution in [2.45, 2.75) is 6.04 Å². The van der Waals surface area contributed by atoms with E-state index < -0.39 is 0 Å². The number of rotatable bonds is 5. The van der Waals surface area contributed by atoms with Gasteiger partial charge in [-0.2, -0.15) is 11.3 Å². The summed E-state index contributed by atoms with van der Waals surface area (Å²) >= 11 is 1.61. The number of carbonyl (C=O) groups is 1. The largest absolute Gasteiger partial charge is 0.340 e. The highest BCUT2D eigenvalue weighted by Gasteiger charge is 2.16. The molecule has 0 radical (unpaired) electrons. The third-order valence-electron chi connectivity index (χ3n) is 3.37. The molecule has 3 aromatic rings. The van der Waals surface area contributed by atoms with Crippen LogP contribution in [0.2, 0.25) is 0 Å². The number of hydrogen-bond donors (Lipinski definition) is 1. The Bertz CT molecular complexity index is 728. The lowest BCUT2D eigenvalue weighted by atomic mass is 10.0. The van der Waals surface area contributed by atoms with Gasteiger partial charge < -0.3 is 5.32 Å². The van der Waals surface area contributed by atoms with Crippen molar-refractivity contribution in [1.82, 2.24) is 10.3 Å². The van der Waals surface area contributed by atoms with Gasteiger partial charge in [-0.1, -0.05) is 36.4 Å². The molecule has 1 amide bonds. The highest BCUT2D eigenvalue weighted by molar-refractivity contribution is 7.08. The molecule has 1 N–H and O–H groups in total. The lowest BCUT2D eigenvalue weighted by Gasteiger charge is -2.17. The van der Waals surface area contributed by atoms with Crippen LogP contribution in [0.5, 0.6) is 0 Å². The van der Waals surface area contributed by atoms with Crippen molar-refractivity contribution in [2.24, 2.45) is 0 Å². The Kier molecular flexibility index (Phi) is 4.96. The zero-order chi connectivity index (χ0) is 15.9. The lowest BCUT2D eigenvalue weighted by Crippen LogP contribution is -2.28. The van der Waals surface area contributed by atoms with Gasteiger partial charge in [0.2, 0.25) is 5.91 Å². The minimum atomic E-state index is -0.267. The second-order valence-corrected chi connectivity index (χ2v) is 5.78. The molecule has 1 atom stereocenters. The molecular weight excluding hydrogens is 304 g/mol. The number of benzene rings is 1.